The molecular weight excluding hydrogens is 1310 g/mol. The van der Waals surface area contributed by atoms with Crippen LogP contribution in [0.15, 0.2) is 12.8 Å². The largest absolute Gasteiger partial charge is 0.467 e. The van der Waals surface area contributed by atoms with Crippen LogP contribution in [0.3, 0.4) is 0 Å². The Balaban J connectivity index is 0.000000264. The molecule has 0 aromatic rings. The predicted octanol–water partition coefficient (Wildman–Crippen LogP) is -0.0587. The monoisotopic (exact) mass is 1380 g/mol. The molecule has 86 heavy (non-hydrogen) atoms. The number of esters is 7. The molecule has 2 saturated carbocycles. The van der Waals surface area contributed by atoms with Crippen LogP contribution in [0.2, 0.25) is 0 Å². The Kier molecular flexibility index (Phi) is 36.6. The first-order valence-corrected chi connectivity index (χ1v) is 32.7. The third-order valence-corrected chi connectivity index (χ3v) is 15.3. The number of carbonyl (C=O) groups is 7. The quantitative estimate of drug-likeness (QED) is 0.140. The van der Waals surface area contributed by atoms with Crippen molar-refractivity contribution in [3.63, 3.8) is 0 Å². The summed E-state index contributed by atoms with van der Waals surface area (Å²) in [5, 5.41) is 0. The van der Waals surface area contributed by atoms with Gasteiger partial charge in [-0.3, -0.25) is 58.6 Å². The average molecular weight is 1380 g/mol. The highest BCUT2D eigenvalue weighted by atomic mass is 32.2. The van der Waals surface area contributed by atoms with E-state index in [-0.39, 0.29) is 71.2 Å². The van der Waals surface area contributed by atoms with Crippen molar-refractivity contribution in [1.82, 2.24) is 0 Å². The van der Waals surface area contributed by atoms with E-state index in [9.17, 15) is 63.0 Å². The lowest BCUT2D eigenvalue weighted by atomic mass is 9.98. The summed E-state index contributed by atoms with van der Waals surface area (Å²) in [6.07, 6.45) is 4.23. The Labute approximate surface area is 512 Å². The topological polar surface area (TPSA) is 433 Å². The van der Waals surface area contributed by atoms with E-state index in [0.29, 0.717) is 0 Å². The fourth-order valence-electron chi connectivity index (χ4n) is 6.50. The Morgan fingerprint density at radius 2 is 0.744 bits per heavy atom. The van der Waals surface area contributed by atoms with Gasteiger partial charge in [0, 0.05) is 0 Å². The summed E-state index contributed by atoms with van der Waals surface area (Å²) in [6.45, 7) is 13.8. The van der Waals surface area contributed by atoms with Crippen molar-refractivity contribution in [2.24, 2.45) is 0 Å². The SMILES string of the molecule is C=COC(=O)C1COS(=O)O1.CC(C)(C)OC(=O)C1COS(=O)O1.CC(C)OC(=O)C1COS(=O)O1.CCOC(=O)C1COS(=O)O1.COC(=O)C1COS(=O)O1.O=C(OC1CCCC1)C1COS(=O)O1.O=C(OC1CCCCC1)C1COS(=O)O1. The molecule has 14 unspecified atom stereocenters. The molecule has 0 spiro atoms. The first-order valence-electron chi connectivity index (χ1n) is 25.7. The molecule has 0 N–H and O–H groups in total. The molecule has 35 nitrogen and oxygen atoms in total. The van der Waals surface area contributed by atoms with Crippen molar-refractivity contribution in [2.75, 3.05) is 60.0 Å². The molecule has 0 aromatic carbocycles. The number of methoxy groups -OCH3 is 1. The fourth-order valence-corrected chi connectivity index (χ4v) is 10.8. The van der Waals surface area contributed by atoms with Gasteiger partial charge in [-0.05, 0) is 92.9 Å². The second-order valence-corrected chi connectivity index (χ2v) is 24.3. The second-order valence-electron chi connectivity index (χ2n) is 18.5. The van der Waals surface area contributed by atoms with Crippen molar-refractivity contribution in [3.8, 4) is 0 Å². The van der Waals surface area contributed by atoms with Crippen molar-refractivity contribution in [2.45, 2.75) is 166 Å². The molecule has 0 radical (unpaired) electrons. The van der Waals surface area contributed by atoms with Crippen molar-refractivity contribution in [3.05, 3.63) is 12.8 Å². The van der Waals surface area contributed by atoms with Gasteiger partial charge < -0.3 is 33.2 Å². The molecule has 0 amide bonds. The van der Waals surface area contributed by atoms with Crippen molar-refractivity contribution in [1.29, 1.82) is 0 Å². The number of rotatable bonds is 12. The van der Waals surface area contributed by atoms with E-state index in [1.54, 1.807) is 41.5 Å². The van der Waals surface area contributed by atoms with Gasteiger partial charge in [0.05, 0.1) is 26.1 Å². The molecule has 2 aliphatic carbocycles. The summed E-state index contributed by atoms with van der Waals surface area (Å²) in [5.74, 6) is -3.72. The molecule has 9 fully saturated rings. The molecule has 496 valence electrons. The van der Waals surface area contributed by atoms with E-state index in [2.05, 4.69) is 71.0 Å². The number of hydrogen-bond donors (Lipinski definition) is 0. The smallest absolute Gasteiger partial charge is 0.344 e. The first-order chi connectivity index (χ1) is 40.7. The highest BCUT2D eigenvalue weighted by Crippen LogP contribution is 2.24. The van der Waals surface area contributed by atoms with Gasteiger partial charge >= 0.3 is 121 Å². The molecule has 7 aliphatic heterocycles. The number of hydrogen-bond acceptors (Lipinski definition) is 35. The third kappa shape index (κ3) is 31.3. The van der Waals surface area contributed by atoms with Crippen LogP contribution < -0.4 is 0 Å². The van der Waals surface area contributed by atoms with E-state index in [1.807, 2.05) is 0 Å². The molecular formula is C44H68O35S7. The van der Waals surface area contributed by atoms with Crippen LogP contribution in [0.4, 0.5) is 0 Å². The van der Waals surface area contributed by atoms with Gasteiger partial charge in [-0.1, -0.05) is 13.0 Å². The van der Waals surface area contributed by atoms with Crippen LogP contribution in [0.1, 0.15) is 99.3 Å². The highest BCUT2D eigenvalue weighted by Gasteiger charge is 2.38. The normalized spacial score (nSPS) is 31.0. The fraction of sp³-hybridized carbons (Fsp3) is 0.795. The van der Waals surface area contributed by atoms with Crippen LogP contribution >= 0.6 is 0 Å². The lowest BCUT2D eigenvalue weighted by Crippen LogP contribution is -2.32. The van der Waals surface area contributed by atoms with Crippen LogP contribution in [-0.4, -0.2) is 198 Å². The molecule has 14 atom stereocenters. The predicted molar refractivity (Wildman–Crippen MR) is 286 cm³/mol. The average Bonchev–Trinajstić information content (AvgIpc) is 4.48. The van der Waals surface area contributed by atoms with Crippen LogP contribution in [-0.2, 0) is 205 Å². The molecule has 0 bridgehead atoms. The summed E-state index contributed by atoms with van der Waals surface area (Å²) >= 11 is -12.5. The summed E-state index contributed by atoms with van der Waals surface area (Å²) in [7, 11) is 1.23. The van der Waals surface area contributed by atoms with E-state index in [4.69, 9.17) is 27.3 Å². The number of ether oxygens (including phenoxy) is 7. The Bertz CT molecular complexity index is 2390. The minimum atomic E-state index is -1.81. The minimum absolute atomic E-state index is 0.000710. The Morgan fingerprint density at radius 3 is 1.02 bits per heavy atom. The molecule has 7 heterocycles. The zero-order valence-corrected chi connectivity index (χ0v) is 52.9. The molecule has 9 rings (SSSR count). The lowest BCUT2D eigenvalue weighted by Gasteiger charge is -2.22. The maximum atomic E-state index is 11.5. The number of carbonyl (C=O) groups excluding carboxylic acids is 7. The van der Waals surface area contributed by atoms with E-state index >= 15 is 0 Å². The van der Waals surface area contributed by atoms with Crippen LogP contribution in [0.5, 0.6) is 0 Å². The molecule has 42 heteroatoms. The van der Waals surface area contributed by atoms with Crippen LogP contribution in [0, 0.1) is 0 Å². The Hall–Kier alpha value is -3.48. The van der Waals surface area contributed by atoms with E-state index in [0.717, 1.165) is 57.6 Å². The zero-order chi connectivity index (χ0) is 63.9. The summed E-state index contributed by atoms with van der Waals surface area (Å²) < 4.78 is 171. The van der Waals surface area contributed by atoms with Gasteiger partial charge in [0.25, 0.3) is 0 Å². The standard InChI is InChI=1S/C9H14O5S.C8H12O5S.C7H12O5S.C6H10O5S.C5H8O5S.C5H6O5S.C4H6O5S/c10-9(8-6-12-15(11)14-8)13-7-4-2-1-3-5-7;9-8(7-5-11-14(10)13-7)12-6-3-1-2-4-6;1-7(2,3)11-6(8)5-4-10-13(9)12-5;1-4(2)10-6(7)5-3-9-12(8)11-5;2*1-2-8-5(6)4-3-9-11(7)10-4;1-7-4(5)3-2-8-10(6)9-3/h7-8H,1-6H2;6-7H,1-5H2;5H,4H2,1-3H3;4-5H,3H2,1-2H3;4H,2-3H2,1H3;2,4H,1,3H2;3H,2H2,1H3. The minimum Gasteiger partial charge on any atom is -0.467 e. The maximum Gasteiger partial charge on any atom is 0.344 e. The van der Waals surface area contributed by atoms with Gasteiger partial charge in [-0.25, -0.2) is 33.6 Å². The summed E-state index contributed by atoms with van der Waals surface area (Å²) in [4.78, 5) is 77.4. The van der Waals surface area contributed by atoms with E-state index in [1.165, 1.54) is 13.5 Å². The van der Waals surface area contributed by atoms with Gasteiger partial charge in [-0.2, -0.15) is 29.5 Å². The van der Waals surface area contributed by atoms with Gasteiger partial charge in [0.2, 0.25) is 0 Å². The van der Waals surface area contributed by atoms with Crippen LogP contribution in [0.25, 0.3) is 0 Å². The van der Waals surface area contributed by atoms with E-state index < -0.39 is 170 Å². The lowest BCUT2D eigenvalue weighted by molar-refractivity contribution is -0.162. The molecule has 9 aliphatic rings. The third-order valence-electron chi connectivity index (χ3n) is 10.3. The second kappa shape index (κ2) is 41.0. The highest BCUT2D eigenvalue weighted by molar-refractivity contribution is 7.76. The Morgan fingerprint density at radius 1 is 0.453 bits per heavy atom. The molecule has 0 aromatic heterocycles. The zero-order valence-electron chi connectivity index (χ0n) is 47.2. The summed E-state index contributed by atoms with van der Waals surface area (Å²) in [5.41, 5.74) is -0.565. The van der Waals surface area contributed by atoms with Gasteiger partial charge in [0.15, 0.2) is 42.7 Å². The maximum absolute atomic E-state index is 11.5. The molecule has 7 saturated heterocycles. The first kappa shape index (κ1) is 76.8. The van der Waals surface area contributed by atoms with Crippen molar-refractivity contribution >= 4 is 121 Å². The van der Waals surface area contributed by atoms with Crippen molar-refractivity contribution < 1.29 is 155 Å². The summed E-state index contributed by atoms with van der Waals surface area (Å²) in [6, 6.07) is 0. The van der Waals surface area contributed by atoms with Gasteiger partial charge in [-0.15, -0.1) is 0 Å². The van der Waals surface area contributed by atoms with Gasteiger partial charge in [0.1, 0.15) is 64.1 Å².